The van der Waals surface area contributed by atoms with Gasteiger partial charge in [-0.05, 0) is 19.1 Å². The fourth-order valence-corrected chi connectivity index (χ4v) is 3.46. The van der Waals surface area contributed by atoms with Crippen LogP contribution >= 0.6 is 11.8 Å². The number of hydrogen-bond acceptors (Lipinski definition) is 4. The molecule has 1 aliphatic rings. The van der Waals surface area contributed by atoms with E-state index in [-0.39, 0.29) is 17.3 Å². The van der Waals surface area contributed by atoms with Gasteiger partial charge in [0.15, 0.2) is 0 Å². The predicted octanol–water partition coefficient (Wildman–Crippen LogP) is 1.76. The summed E-state index contributed by atoms with van der Waals surface area (Å²) in [6.45, 7) is 0.419. The maximum Gasteiger partial charge on any atom is 0.325 e. The Morgan fingerprint density at radius 1 is 1.48 bits per heavy atom. The third-order valence-electron chi connectivity index (χ3n) is 3.71. The summed E-state index contributed by atoms with van der Waals surface area (Å²) in [5, 5.41) is 18.1. The van der Waals surface area contributed by atoms with E-state index in [4.69, 9.17) is 5.11 Å². The second kappa shape index (κ2) is 6.84. The Labute approximate surface area is 127 Å². The first kappa shape index (κ1) is 15.7. The number of carbonyl (C=O) groups excluding carboxylic acids is 1. The topological polar surface area (TPSA) is 96.3 Å². The lowest BCUT2D eigenvalue weighted by atomic mass is 10.1. The average Bonchev–Trinajstić information content (AvgIpc) is 3.06. The molecule has 8 heteroatoms. The lowest BCUT2D eigenvalue weighted by molar-refractivity contribution is -0.137. The van der Waals surface area contributed by atoms with Crippen LogP contribution in [0.1, 0.15) is 25.7 Å². The van der Waals surface area contributed by atoms with E-state index in [1.807, 2.05) is 11.8 Å². The minimum Gasteiger partial charge on any atom is -0.480 e. The van der Waals surface area contributed by atoms with Crippen molar-refractivity contribution in [2.45, 2.75) is 37.0 Å². The molecule has 0 radical (unpaired) electrons. The van der Waals surface area contributed by atoms with Gasteiger partial charge in [-0.15, -0.1) is 0 Å². The van der Waals surface area contributed by atoms with Crippen LogP contribution in [0.5, 0.6) is 0 Å². The van der Waals surface area contributed by atoms with E-state index >= 15 is 0 Å². The van der Waals surface area contributed by atoms with E-state index in [1.54, 1.807) is 0 Å². The number of anilines is 1. The molecule has 2 amide bonds. The van der Waals surface area contributed by atoms with Crippen LogP contribution in [0.2, 0.25) is 0 Å². The Morgan fingerprint density at radius 3 is 2.81 bits per heavy atom. The number of urea groups is 1. The molecule has 3 N–H and O–H groups in total. The summed E-state index contributed by atoms with van der Waals surface area (Å²) in [6.07, 6.45) is 9.70. The molecule has 1 aromatic rings. The van der Waals surface area contributed by atoms with E-state index in [0.717, 1.165) is 12.8 Å². The van der Waals surface area contributed by atoms with Crippen LogP contribution < -0.4 is 10.6 Å². The van der Waals surface area contributed by atoms with Gasteiger partial charge in [0.25, 0.3) is 0 Å². The first-order valence-electron chi connectivity index (χ1n) is 6.87. The molecular weight excluding hydrogens is 292 g/mol. The molecule has 0 aromatic carbocycles. The zero-order chi connectivity index (χ0) is 15.3. The van der Waals surface area contributed by atoms with Crippen LogP contribution in [0.15, 0.2) is 12.4 Å². The molecule has 0 aliphatic heterocycles. The van der Waals surface area contributed by atoms with Gasteiger partial charge in [0.05, 0.1) is 11.9 Å². The van der Waals surface area contributed by atoms with Gasteiger partial charge < -0.3 is 15.7 Å². The average molecular weight is 312 g/mol. The number of aromatic nitrogens is 2. The van der Waals surface area contributed by atoms with Crippen molar-refractivity contribution < 1.29 is 14.7 Å². The van der Waals surface area contributed by atoms with Gasteiger partial charge in [0, 0.05) is 17.5 Å². The number of aliphatic carboxylic acids is 1. The SMILES string of the molecule is CSC1(CNC(=O)Nc2cnn(CC(=O)O)c2)CCCC1. The highest BCUT2D eigenvalue weighted by atomic mass is 32.2. The number of nitrogens with zero attached hydrogens (tertiary/aromatic N) is 2. The van der Waals surface area contributed by atoms with Crippen LogP contribution in [0.25, 0.3) is 0 Å². The van der Waals surface area contributed by atoms with Gasteiger partial charge >= 0.3 is 12.0 Å². The minimum atomic E-state index is -0.975. The summed E-state index contributed by atoms with van der Waals surface area (Å²) < 4.78 is 1.42. The van der Waals surface area contributed by atoms with Crippen molar-refractivity contribution in [1.29, 1.82) is 0 Å². The van der Waals surface area contributed by atoms with E-state index in [9.17, 15) is 9.59 Å². The molecule has 7 nitrogen and oxygen atoms in total. The van der Waals surface area contributed by atoms with Crippen LogP contribution in [0.4, 0.5) is 10.5 Å². The van der Waals surface area contributed by atoms with Crippen LogP contribution in [-0.4, -0.2) is 44.4 Å². The largest absolute Gasteiger partial charge is 0.480 e. The predicted molar refractivity (Wildman–Crippen MR) is 81.6 cm³/mol. The lowest BCUT2D eigenvalue weighted by Gasteiger charge is -2.26. The van der Waals surface area contributed by atoms with Crippen LogP contribution in [-0.2, 0) is 11.3 Å². The fourth-order valence-electron chi connectivity index (χ4n) is 2.54. The van der Waals surface area contributed by atoms with Gasteiger partial charge in [0.2, 0.25) is 0 Å². The van der Waals surface area contributed by atoms with Crippen molar-refractivity contribution in [3.63, 3.8) is 0 Å². The number of carboxylic acids is 1. The summed E-state index contributed by atoms with van der Waals surface area (Å²) >= 11 is 1.81. The van der Waals surface area contributed by atoms with Gasteiger partial charge in [0.1, 0.15) is 6.54 Å². The molecule has 0 unspecified atom stereocenters. The third-order valence-corrected chi connectivity index (χ3v) is 5.13. The molecule has 21 heavy (non-hydrogen) atoms. The second-order valence-corrected chi connectivity index (χ2v) is 6.50. The normalized spacial score (nSPS) is 16.6. The van der Waals surface area contributed by atoms with Crippen LogP contribution in [0, 0.1) is 0 Å². The zero-order valence-electron chi connectivity index (χ0n) is 12.0. The summed E-state index contributed by atoms with van der Waals surface area (Å²) in [6, 6.07) is -0.287. The summed E-state index contributed by atoms with van der Waals surface area (Å²) in [4.78, 5) is 22.4. The Morgan fingerprint density at radius 2 is 2.19 bits per heavy atom. The summed E-state index contributed by atoms with van der Waals surface area (Å²) in [5.74, 6) is -0.975. The van der Waals surface area contributed by atoms with E-state index in [0.29, 0.717) is 12.2 Å². The van der Waals surface area contributed by atoms with E-state index < -0.39 is 5.97 Å². The number of carbonyl (C=O) groups is 2. The molecule has 0 bridgehead atoms. The van der Waals surface area contributed by atoms with Crippen molar-refractivity contribution in [3.8, 4) is 0 Å². The number of nitrogens with one attached hydrogen (secondary N) is 2. The smallest absolute Gasteiger partial charge is 0.325 e. The van der Waals surface area contributed by atoms with Crippen molar-refractivity contribution in [2.75, 3.05) is 18.1 Å². The number of amides is 2. The quantitative estimate of drug-likeness (QED) is 0.744. The first-order chi connectivity index (χ1) is 10.0. The fraction of sp³-hybridized carbons (Fsp3) is 0.615. The minimum absolute atomic E-state index is 0.158. The Balaban J connectivity index is 1.81. The molecular formula is C13H20N4O3S. The molecule has 0 atom stereocenters. The Bertz CT molecular complexity index is 511. The Hall–Kier alpha value is -1.70. The Kier molecular flexibility index (Phi) is 5.11. The number of rotatable bonds is 6. The standard InChI is InChI=1S/C13H20N4O3S/c1-21-13(4-2-3-5-13)9-14-12(20)16-10-6-15-17(7-10)8-11(18)19/h6-7H,2-5,8-9H2,1H3,(H,18,19)(H2,14,16,20). The maximum absolute atomic E-state index is 11.9. The number of carboxylic acid groups (broad SMARTS) is 1. The third kappa shape index (κ3) is 4.38. The highest BCUT2D eigenvalue weighted by Crippen LogP contribution is 2.39. The molecule has 1 fully saturated rings. The molecule has 1 aromatic heterocycles. The van der Waals surface area contributed by atoms with Crippen molar-refractivity contribution in [3.05, 3.63) is 12.4 Å². The lowest BCUT2D eigenvalue weighted by Crippen LogP contribution is -2.40. The highest BCUT2D eigenvalue weighted by Gasteiger charge is 2.33. The van der Waals surface area contributed by atoms with Gasteiger partial charge in [-0.1, -0.05) is 12.8 Å². The van der Waals surface area contributed by atoms with Gasteiger partial charge in [-0.2, -0.15) is 16.9 Å². The van der Waals surface area contributed by atoms with E-state index in [1.165, 1.54) is 29.9 Å². The molecule has 1 heterocycles. The van der Waals surface area contributed by atoms with Crippen LogP contribution in [0.3, 0.4) is 0 Å². The molecule has 1 aliphatic carbocycles. The van der Waals surface area contributed by atoms with Crippen molar-refractivity contribution >= 4 is 29.4 Å². The van der Waals surface area contributed by atoms with Crippen molar-refractivity contribution in [1.82, 2.24) is 15.1 Å². The summed E-state index contributed by atoms with van der Waals surface area (Å²) in [7, 11) is 0. The number of hydrogen-bond donors (Lipinski definition) is 3. The second-order valence-electron chi connectivity index (χ2n) is 5.22. The molecule has 0 spiro atoms. The highest BCUT2D eigenvalue weighted by molar-refractivity contribution is 8.00. The van der Waals surface area contributed by atoms with E-state index in [2.05, 4.69) is 22.0 Å². The first-order valence-corrected chi connectivity index (χ1v) is 8.10. The molecule has 1 saturated carbocycles. The van der Waals surface area contributed by atoms with Gasteiger partial charge in [-0.3, -0.25) is 9.48 Å². The monoisotopic (exact) mass is 312 g/mol. The summed E-state index contributed by atoms with van der Waals surface area (Å²) in [5.41, 5.74) is 0.485. The molecule has 116 valence electrons. The molecule has 2 rings (SSSR count). The van der Waals surface area contributed by atoms with Crippen molar-refractivity contribution in [2.24, 2.45) is 0 Å². The number of thioether (sulfide) groups is 1. The van der Waals surface area contributed by atoms with Gasteiger partial charge in [-0.25, -0.2) is 4.79 Å². The molecule has 0 saturated heterocycles. The zero-order valence-corrected chi connectivity index (χ0v) is 12.8. The maximum atomic E-state index is 11.9.